The van der Waals surface area contributed by atoms with Crippen LogP contribution in [0.3, 0.4) is 0 Å². The van der Waals surface area contributed by atoms with Crippen molar-refractivity contribution in [1.29, 1.82) is 5.26 Å². The van der Waals surface area contributed by atoms with E-state index in [0.29, 0.717) is 68.2 Å². The molecule has 0 amide bonds. The zero-order chi connectivity index (χ0) is 26.5. The van der Waals surface area contributed by atoms with E-state index < -0.39 is 0 Å². The Balaban J connectivity index is 1.46. The number of anilines is 3. The van der Waals surface area contributed by atoms with Crippen LogP contribution in [0.15, 0.2) is 36.7 Å². The molecule has 10 nitrogen and oxygen atoms in total. The molecule has 0 saturated carbocycles. The van der Waals surface area contributed by atoms with Gasteiger partial charge in [-0.1, -0.05) is 6.92 Å². The van der Waals surface area contributed by atoms with Gasteiger partial charge in [-0.05, 0) is 36.6 Å². The number of aliphatic hydroxyl groups excluding tert-OH is 1. The second-order valence-corrected chi connectivity index (χ2v) is 9.75. The van der Waals surface area contributed by atoms with Crippen molar-refractivity contribution in [3.63, 3.8) is 0 Å². The Hall–Kier alpha value is -3.78. The van der Waals surface area contributed by atoms with Gasteiger partial charge in [0.1, 0.15) is 18.4 Å². The minimum absolute atomic E-state index is 0.0786. The number of nitrogens with zero attached hydrogens (tertiary/aromatic N) is 5. The number of aliphatic hydroxyl groups is 1. The maximum Gasteiger partial charge on any atom is 0.227 e. The Bertz CT molecular complexity index is 1340. The molecule has 1 fully saturated rings. The van der Waals surface area contributed by atoms with Crippen molar-refractivity contribution in [2.24, 2.45) is 0 Å². The number of aryl methyl sites for hydroxylation is 1. The molecular formula is C28H32N6O4. The molecule has 1 atom stereocenters. The average molecular weight is 517 g/mol. The van der Waals surface area contributed by atoms with E-state index in [0.717, 1.165) is 35.3 Å². The predicted octanol–water partition coefficient (Wildman–Crippen LogP) is 3.21. The molecule has 0 radical (unpaired) electrons. The van der Waals surface area contributed by atoms with Crippen LogP contribution in [0.1, 0.15) is 30.2 Å². The average Bonchev–Trinajstić information content (AvgIpc) is 3.30. The number of nitrogens with one attached hydrogen (secondary N) is 1. The van der Waals surface area contributed by atoms with Gasteiger partial charge in [-0.3, -0.25) is 4.98 Å². The van der Waals surface area contributed by atoms with E-state index in [1.54, 1.807) is 19.4 Å². The van der Waals surface area contributed by atoms with Crippen molar-refractivity contribution in [3.8, 4) is 23.1 Å². The summed E-state index contributed by atoms with van der Waals surface area (Å²) in [5.41, 5.74) is 5.28. The fraction of sp³-hybridized carbons (Fsp3) is 0.429. The third-order valence-corrected chi connectivity index (χ3v) is 7.20. The molecule has 2 aromatic heterocycles. The van der Waals surface area contributed by atoms with Crippen LogP contribution >= 0.6 is 0 Å². The summed E-state index contributed by atoms with van der Waals surface area (Å²) < 4.78 is 16.7. The molecule has 198 valence electrons. The monoisotopic (exact) mass is 516 g/mol. The first-order valence-corrected chi connectivity index (χ1v) is 12.8. The maximum atomic E-state index is 9.98. The minimum atomic E-state index is -0.295. The van der Waals surface area contributed by atoms with E-state index in [2.05, 4.69) is 39.2 Å². The van der Waals surface area contributed by atoms with Gasteiger partial charge in [-0.15, -0.1) is 0 Å². The number of fused-ring (bicyclic) bond motifs is 1. The molecule has 0 spiro atoms. The summed E-state index contributed by atoms with van der Waals surface area (Å²) in [6.07, 6.45) is 5.23. The molecule has 0 bridgehead atoms. The standard InChI is InChI=1S/C28H32N6O4/c1-28(18-35)5-3-23-21(28)13-20(17-31-23)22-4-6-30-27(32-22)33-24-14-19(16-29)25(34-7-9-37-10-8-34)15-26(24)38-12-11-36-2/h4,6,13-15,17,35H,3,5,7-12,18H2,1-2H3,(H,30,32,33). The van der Waals surface area contributed by atoms with Gasteiger partial charge >= 0.3 is 0 Å². The molecule has 10 heteroatoms. The van der Waals surface area contributed by atoms with Crippen molar-refractivity contribution in [3.05, 3.63) is 53.5 Å². The Morgan fingerprint density at radius 2 is 2.05 bits per heavy atom. The molecule has 1 unspecified atom stereocenters. The molecule has 1 aromatic carbocycles. The van der Waals surface area contributed by atoms with Crippen LogP contribution in [-0.4, -0.2) is 73.3 Å². The smallest absolute Gasteiger partial charge is 0.227 e. The van der Waals surface area contributed by atoms with E-state index >= 15 is 0 Å². The Morgan fingerprint density at radius 3 is 2.82 bits per heavy atom. The molecule has 1 aliphatic carbocycles. The van der Waals surface area contributed by atoms with Crippen molar-refractivity contribution < 1.29 is 19.3 Å². The number of methoxy groups -OCH3 is 1. The third-order valence-electron chi connectivity index (χ3n) is 7.20. The second kappa shape index (κ2) is 11.3. The first-order valence-electron chi connectivity index (χ1n) is 12.8. The summed E-state index contributed by atoms with van der Waals surface area (Å²) in [7, 11) is 1.62. The van der Waals surface area contributed by atoms with Crippen molar-refractivity contribution in [2.75, 3.05) is 63.5 Å². The molecule has 2 N–H and O–H groups in total. The zero-order valence-electron chi connectivity index (χ0n) is 21.7. The summed E-state index contributed by atoms with van der Waals surface area (Å²) in [6, 6.07) is 9.87. The highest BCUT2D eigenvalue weighted by atomic mass is 16.5. The number of rotatable bonds is 9. The first kappa shape index (κ1) is 25.9. The fourth-order valence-electron chi connectivity index (χ4n) is 4.92. The van der Waals surface area contributed by atoms with E-state index in [1.807, 2.05) is 18.3 Å². The van der Waals surface area contributed by atoms with Gasteiger partial charge in [0.25, 0.3) is 0 Å². The van der Waals surface area contributed by atoms with Gasteiger partial charge in [0.2, 0.25) is 5.95 Å². The molecular weight excluding hydrogens is 484 g/mol. The highest BCUT2D eigenvalue weighted by Crippen LogP contribution is 2.39. The summed E-state index contributed by atoms with van der Waals surface area (Å²) in [6.45, 7) is 5.55. The highest BCUT2D eigenvalue weighted by molar-refractivity contribution is 5.74. The molecule has 1 aliphatic heterocycles. The van der Waals surface area contributed by atoms with Crippen molar-refractivity contribution in [2.45, 2.75) is 25.2 Å². The predicted molar refractivity (Wildman–Crippen MR) is 143 cm³/mol. The molecule has 3 heterocycles. The van der Waals surface area contributed by atoms with E-state index in [-0.39, 0.29) is 12.0 Å². The summed E-state index contributed by atoms with van der Waals surface area (Å²) in [5.74, 6) is 0.946. The number of hydrogen-bond acceptors (Lipinski definition) is 10. The summed E-state index contributed by atoms with van der Waals surface area (Å²) in [5, 5.41) is 23.2. The molecule has 1 saturated heterocycles. The number of nitriles is 1. The SMILES string of the molecule is COCCOc1cc(N2CCOCC2)c(C#N)cc1Nc1nccc(-c2cnc3c(c2)C(C)(CO)CC3)n1. The van der Waals surface area contributed by atoms with E-state index in [9.17, 15) is 10.4 Å². The van der Waals surface area contributed by atoms with Crippen LogP contribution in [0.5, 0.6) is 5.75 Å². The fourth-order valence-corrected chi connectivity index (χ4v) is 4.92. The van der Waals surface area contributed by atoms with Gasteiger partial charge in [0.05, 0.1) is 49.1 Å². The summed E-state index contributed by atoms with van der Waals surface area (Å²) >= 11 is 0. The van der Waals surface area contributed by atoms with Gasteiger partial charge in [-0.25, -0.2) is 9.97 Å². The van der Waals surface area contributed by atoms with Crippen LogP contribution in [0.25, 0.3) is 11.3 Å². The first-order chi connectivity index (χ1) is 18.5. The van der Waals surface area contributed by atoms with Crippen LogP contribution in [0.4, 0.5) is 17.3 Å². The Morgan fingerprint density at radius 1 is 1.21 bits per heavy atom. The van der Waals surface area contributed by atoms with Gasteiger partial charge in [0, 0.05) is 55.3 Å². The highest BCUT2D eigenvalue weighted by Gasteiger charge is 2.35. The number of benzene rings is 1. The van der Waals surface area contributed by atoms with Crippen LogP contribution in [0.2, 0.25) is 0 Å². The van der Waals surface area contributed by atoms with Gasteiger partial charge < -0.3 is 29.5 Å². The zero-order valence-corrected chi connectivity index (χ0v) is 21.7. The molecule has 38 heavy (non-hydrogen) atoms. The van der Waals surface area contributed by atoms with Crippen molar-refractivity contribution >= 4 is 17.3 Å². The second-order valence-electron chi connectivity index (χ2n) is 9.75. The van der Waals surface area contributed by atoms with Gasteiger partial charge in [-0.2, -0.15) is 5.26 Å². The quantitative estimate of drug-likeness (QED) is 0.410. The molecule has 5 rings (SSSR count). The van der Waals surface area contributed by atoms with Crippen LogP contribution in [-0.2, 0) is 21.3 Å². The Labute approximate surface area is 222 Å². The van der Waals surface area contributed by atoms with Gasteiger partial charge in [0.15, 0.2) is 0 Å². The number of hydrogen-bond donors (Lipinski definition) is 2. The lowest BCUT2D eigenvalue weighted by molar-refractivity contribution is 0.122. The minimum Gasteiger partial charge on any atom is -0.489 e. The maximum absolute atomic E-state index is 9.98. The van der Waals surface area contributed by atoms with Crippen LogP contribution < -0.4 is 15.0 Å². The molecule has 2 aliphatic rings. The lowest BCUT2D eigenvalue weighted by Gasteiger charge is -2.30. The number of morpholine rings is 1. The van der Waals surface area contributed by atoms with Crippen LogP contribution in [0, 0.1) is 11.3 Å². The lowest BCUT2D eigenvalue weighted by Crippen LogP contribution is -2.36. The summed E-state index contributed by atoms with van der Waals surface area (Å²) in [4.78, 5) is 15.9. The normalized spacial score (nSPS) is 18.6. The largest absolute Gasteiger partial charge is 0.489 e. The molecule has 3 aromatic rings. The van der Waals surface area contributed by atoms with Crippen molar-refractivity contribution in [1.82, 2.24) is 15.0 Å². The topological polar surface area (TPSA) is 126 Å². The van der Waals surface area contributed by atoms with E-state index in [4.69, 9.17) is 19.2 Å². The number of aromatic nitrogens is 3. The Kier molecular flexibility index (Phi) is 7.69. The number of ether oxygens (including phenoxy) is 3. The van der Waals surface area contributed by atoms with E-state index in [1.165, 1.54) is 0 Å². The number of pyridine rings is 1. The lowest BCUT2D eigenvalue weighted by atomic mass is 9.85. The third kappa shape index (κ3) is 5.27.